The van der Waals surface area contributed by atoms with E-state index in [1.54, 1.807) is 17.4 Å². The minimum Gasteiger partial charge on any atom is -0.331 e. The standard InChI is InChI=1S/C17H18FNOS/c1-11-5-7-13(18)10-14(11)17(20)19-9-3-4-15(19)16-8-6-12(2)21-16/h5-8,10,15H,3-4,9H2,1-2H3. The first kappa shape index (κ1) is 14.3. The highest BCUT2D eigenvalue weighted by Crippen LogP contribution is 2.36. The van der Waals surface area contributed by atoms with Crippen LogP contribution in [0.5, 0.6) is 0 Å². The number of likely N-dealkylation sites (tertiary alicyclic amines) is 1. The van der Waals surface area contributed by atoms with E-state index >= 15 is 0 Å². The maximum Gasteiger partial charge on any atom is 0.254 e. The van der Waals surface area contributed by atoms with Crippen molar-refractivity contribution in [2.24, 2.45) is 0 Å². The van der Waals surface area contributed by atoms with Crippen LogP contribution in [0.2, 0.25) is 0 Å². The van der Waals surface area contributed by atoms with E-state index in [2.05, 4.69) is 19.1 Å². The Hall–Kier alpha value is -1.68. The highest BCUT2D eigenvalue weighted by molar-refractivity contribution is 7.12. The van der Waals surface area contributed by atoms with E-state index in [0.717, 1.165) is 24.9 Å². The summed E-state index contributed by atoms with van der Waals surface area (Å²) in [6, 6.07) is 8.76. The molecule has 0 saturated carbocycles. The lowest BCUT2D eigenvalue weighted by Crippen LogP contribution is -2.30. The fraction of sp³-hybridized carbons (Fsp3) is 0.353. The van der Waals surface area contributed by atoms with E-state index in [4.69, 9.17) is 0 Å². The molecule has 0 N–H and O–H groups in total. The molecule has 1 saturated heterocycles. The number of hydrogen-bond donors (Lipinski definition) is 0. The molecule has 1 aliphatic rings. The molecule has 1 amide bonds. The van der Waals surface area contributed by atoms with Crippen LogP contribution in [0.15, 0.2) is 30.3 Å². The number of amides is 1. The smallest absolute Gasteiger partial charge is 0.254 e. The van der Waals surface area contributed by atoms with Crippen LogP contribution in [0.3, 0.4) is 0 Å². The van der Waals surface area contributed by atoms with Crippen molar-refractivity contribution in [3.63, 3.8) is 0 Å². The molecule has 110 valence electrons. The topological polar surface area (TPSA) is 20.3 Å². The number of halogens is 1. The normalized spacial score (nSPS) is 18.2. The van der Waals surface area contributed by atoms with Gasteiger partial charge in [0.25, 0.3) is 5.91 Å². The summed E-state index contributed by atoms with van der Waals surface area (Å²) in [4.78, 5) is 17.2. The highest BCUT2D eigenvalue weighted by Gasteiger charge is 2.32. The Balaban J connectivity index is 1.91. The summed E-state index contributed by atoms with van der Waals surface area (Å²) in [6.07, 6.45) is 1.99. The molecule has 0 radical (unpaired) electrons. The molecule has 0 spiro atoms. The van der Waals surface area contributed by atoms with Gasteiger partial charge in [-0.3, -0.25) is 4.79 Å². The Kier molecular flexibility index (Phi) is 3.81. The van der Waals surface area contributed by atoms with Gasteiger partial charge in [0, 0.05) is 21.9 Å². The van der Waals surface area contributed by atoms with Crippen LogP contribution in [-0.4, -0.2) is 17.4 Å². The zero-order valence-corrected chi connectivity index (χ0v) is 13.0. The van der Waals surface area contributed by atoms with Crippen molar-refractivity contribution in [2.45, 2.75) is 32.7 Å². The number of carbonyl (C=O) groups is 1. The molecule has 2 aromatic rings. The Morgan fingerprint density at radius 2 is 2.10 bits per heavy atom. The second kappa shape index (κ2) is 5.60. The first-order valence-electron chi connectivity index (χ1n) is 7.20. The Bertz CT molecular complexity index is 679. The van der Waals surface area contributed by atoms with Gasteiger partial charge < -0.3 is 4.90 Å². The number of nitrogens with zero attached hydrogens (tertiary/aromatic N) is 1. The summed E-state index contributed by atoms with van der Waals surface area (Å²) in [7, 11) is 0. The fourth-order valence-corrected chi connectivity index (χ4v) is 3.94. The molecule has 1 fully saturated rings. The van der Waals surface area contributed by atoms with Crippen molar-refractivity contribution in [3.05, 3.63) is 57.0 Å². The summed E-state index contributed by atoms with van der Waals surface area (Å²) in [5.41, 5.74) is 1.31. The molecule has 2 nitrogen and oxygen atoms in total. The largest absolute Gasteiger partial charge is 0.331 e. The van der Waals surface area contributed by atoms with E-state index in [0.29, 0.717) is 5.56 Å². The van der Waals surface area contributed by atoms with E-state index in [-0.39, 0.29) is 17.8 Å². The summed E-state index contributed by atoms with van der Waals surface area (Å²) in [5, 5.41) is 0. The first-order valence-corrected chi connectivity index (χ1v) is 8.01. The van der Waals surface area contributed by atoms with Crippen LogP contribution in [0, 0.1) is 19.7 Å². The summed E-state index contributed by atoms with van der Waals surface area (Å²) in [6.45, 7) is 4.68. The van der Waals surface area contributed by atoms with Crippen molar-refractivity contribution >= 4 is 17.2 Å². The highest BCUT2D eigenvalue weighted by atomic mass is 32.1. The van der Waals surface area contributed by atoms with E-state index in [1.807, 2.05) is 11.8 Å². The van der Waals surface area contributed by atoms with E-state index < -0.39 is 0 Å². The minimum atomic E-state index is -0.355. The molecular formula is C17H18FNOS. The lowest BCUT2D eigenvalue weighted by Gasteiger charge is -2.24. The van der Waals surface area contributed by atoms with Gasteiger partial charge in [-0.15, -0.1) is 11.3 Å². The third kappa shape index (κ3) is 2.72. The van der Waals surface area contributed by atoms with Gasteiger partial charge in [-0.2, -0.15) is 0 Å². The summed E-state index contributed by atoms with van der Waals surface area (Å²) >= 11 is 1.74. The molecule has 0 aliphatic carbocycles. The lowest BCUT2D eigenvalue weighted by molar-refractivity contribution is 0.0736. The van der Waals surface area contributed by atoms with Crippen molar-refractivity contribution < 1.29 is 9.18 Å². The SMILES string of the molecule is Cc1ccc(C2CCCN2C(=O)c2cc(F)ccc2C)s1. The first-order chi connectivity index (χ1) is 10.1. The molecule has 1 atom stereocenters. The maximum atomic E-state index is 13.4. The number of rotatable bonds is 2. The molecule has 1 aromatic carbocycles. The average Bonchev–Trinajstić information content (AvgIpc) is 3.09. The van der Waals surface area contributed by atoms with Gasteiger partial charge in [-0.25, -0.2) is 4.39 Å². The van der Waals surface area contributed by atoms with Gasteiger partial charge in [0.05, 0.1) is 6.04 Å². The number of thiophene rings is 1. The van der Waals surface area contributed by atoms with Gasteiger partial charge in [-0.05, 0) is 56.5 Å². The van der Waals surface area contributed by atoms with Gasteiger partial charge in [0.2, 0.25) is 0 Å². The van der Waals surface area contributed by atoms with Crippen LogP contribution >= 0.6 is 11.3 Å². The Labute approximate surface area is 128 Å². The van der Waals surface area contributed by atoms with Crippen LogP contribution in [0.4, 0.5) is 4.39 Å². The predicted octanol–water partition coefficient (Wildman–Crippen LogP) is 4.48. The summed E-state index contributed by atoms with van der Waals surface area (Å²) < 4.78 is 13.4. The van der Waals surface area contributed by atoms with Crippen molar-refractivity contribution in [3.8, 4) is 0 Å². The second-order valence-corrected chi connectivity index (χ2v) is 6.88. The predicted molar refractivity (Wildman–Crippen MR) is 83.2 cm³/mol. The Morgan fingerprint density at radius 3 is 2.81 bits per heavy atom. The number of aryl methyl sites for hydroxylation is 2. The van der Waals surface area contributed by atoms with Crippen molar-refractivity contribution in [1.82, 2.24) is 4.90 Å². The van der Waals surface area contributed by atoms with Crippen LogP contribution in [0.25, 0.3) is 0 Å². The third-order valence-electron chi connectivity index (χ3n) is 4.03. The van der Waals surface area contributed by atoms with Gasteiger partial charge in [0.1, 0.15) is 5.82 Å². The van der Waals surface area contributed by atoms with Crippen molar-refractivity contribution in [1.29, 1.82) is 0 Å². The second-order valence-electron chi connectivity index (χ2n) is 5.56. The molecule has 1 aliphatic heterocycles. The molecule has 4 heteroatoms. The molecule has 3 rings (SSSR count). The molecule has 2 heterocycles. The van der Waals surface area contributed by atoms with Crippen LogP contribution < -0.4 is 0 Å². The van der Waals surface area contributed by atoms with E-state index in [1.165, 1.54) is 21.9 Å². The molecule has 0 bridgehead atoms. The van der Waals surface area contributed by atoms with Crippen LogP contribution in [-0.2, 0) is 0 Å². The van der Waals surface area contributed by atoms with Crippen molar-refractivity contribution in [2.75, 3.05) is 6.54 Å². The summed E-state index contributed by atoms with van der Waals surface area (Å²) in [5.74, 6) is -0.410. The van der Waals surface area contributed by atoms with Gasteiger partial charge >= 0.3 is 0 Å². The maximum absolute atomic E-state index is 13.4. The number of carbonyl (C=O) groups excluding carboxylic acids is 1. The average molecular weight is 303 g/mol. The molecular weight excluding hydrogens is 285 g/mol. The zero-order chi connectivity index (χ0) is 15.0. The lowest BCUT2D eigenvalue weighted by atomic mass is 10.1. The minimum absolute atomic E-state index is 0.0550. The Morgan fingerprint density at radius 1 is 1.29 bits per heavy atom. The quantitative estimate of drug-likeness (QED) is 0.801. The third-order valence-corrected chi connectivity index (χ3v) is 5.14. The zero-order valence-electron chi connectivity index (χ0n) is 12.2. The monoisotopic (exact) mass is 303 g/mol. The number of benzene rings is 1. The van der Waals surface area contributed by atoms with Crippen LogP contribution in [0.1, 0.15) is 44.6 Å². The van der Waals surface area contributed by atoms with E-state index in [9.17, 15) is 9.18 Å². The molecule has 1 unspecified atom stereocenters. The van der Waals surface area contributed by atoms with Gasteiger partial charge in [-0.1, -0.05) is 6.07 Å². The molecule has 1 aromatic heterocycles. The number of hydrogen-bond acceptors (Lipinski definition) is 2. The molecule has 21 heavy (non-hydrogen) atoms. The van der Waals surface area contributed by atoms with Gasteiger partial charge in [0.15, 0.2) is 0 Å². The fourth-order valence-electron chi connectivity index (χ4n) is 2.92.